The fraction of sp³-hybridized carbons (Fsp3) is 0.417. The van der Waals surface area contributed by atoms with Gasteiger partial charge in [-0.25, -0.2) is 0 Å². The van der Waals surface area contributed by atoms with Crippen molar-refractivity contribution in [3.05, 3.63) is 65.7 Å². The summed E-state index contributed by atoms with van der Waals surface area (Å²) < 4.78 is 0. The number of hydrogen-bond donors (Lipinski definition) is 2. The molecule has 1 atom stereocenters. The van der Waals surface area contributed by atoms with Crippen LogP contribution in [-0.2, 0) is 22.6 Å². The third kappa shape index (κ3) is 5.91. The van der Waals surface area contributed by atoms with Crippen LogP contribution in [0.1, 0.15) is 37.8 Å². The van der Waals surface area contributed by atoms with Crippen molar-refractivity contribution in [2.24, 2.45) is 5.92 Å². The van der Waals surface area contributed by atoms with Gasteiger partial charge in [-0.15, -0.1) is 0 Å². The van der Waals surface area contributed by atoms with Gasteiger partial charge in [0.2, 0.25) is 11.8 Å². The smallest absolute Gasteiger partial charge is 0.241 e. The quantitative estimate of drug-likeness (QED) is 0.756. The van der Waals surface area contributed by atoms with Gasteiger partial charge in [0.05, 0.1) is 6.04 Å². The van der Waals surface area contributed by atoms with Gasteiger partial charge < -0.3 is 10.6 Å². The lowest BCUT2D eigenvalue weighted by molar-refractivity contribution is -0.127. The van der Waals surface area contributed by atoms with Gasteiger partial charge in [0.25, 0.3) is 0 Å². The summed E-state index contributed by atoms with van der Waals surface area (Å²) in [7, 11) is 0. The molecule has 1 saturated heterocycles. The zero-order chi connectivity index (χ0) is 20.6. The summed E-state index contributed by atoms with van der Waals surface area (Å²) in [6.45, 7) is 6.13. The summed E-state index contributed by atoms with van der Waals surface area (Å²) >= 11 is 0. The molecule has 1 fully saturated rings. The number of rotatable bonds is 7. The van der Waals surface area contributed by atoms with Crippen molar-refractivity contribution >= 4 is 17.5 Å². The van der Waals surface area contributed by atoms with Crippen LogP contribution in [0.4, 0.5) is 5.69 Å². The molecule has 3 rings (SSSR count). The minimum atomic E-state index is -0.214. The highest BCUT2D eigenvalue weighted by atomic mass is 16.2. The number of nitrogens with one attached hydrogen (secondary N) is 2. The highest BCUT2D eigenvalue weighted by Crippen LogP contribution is 2.20. The van der Waals surface area contributed by atoms with Crippen molar-refractivity contribution in [2.45, 2.75) is 45.7 Å². The predicted molar refractivity (Wildman–Crippen MR) is 116 cm³/mol. The third-order valence-corrected chi connectivity index (χ3v) is 5.77. The number of hydrogen-bond acceptors (Lipinski definition) is 3. The maximum atomic E-state index is 12.6. The average Bonchev–Trinajstić information content (AvgIpc) is 2.78. The molecule has 1 aliphatic rings. The van der Waals surface area contributed by atoms with E-state index in [1.807, 2.05) is 61.5 Å². The summed E-state index contributed by atoms with van der Waals surface area (Å²) in [6, 6.07) is 17.7. The minimum Gasteiger partial charge on any atom is -0.352 e. The van der Waals surface area contributed by atoms with Crippen LogP contribution in [0, 0.1) is 5.92 Å². The number of aryl methyl sites for hydroxylation is 1. The Labute approximate surface area is 173 Å². The minimum absolute atomic E-state index is 0.00114. The molecule has 1 heterocycles. The van der Waals surface area contributed by atoms with Crippen molar-refractivity contribution in [1.29, 1.82) is 0 Å². The van der Waals surface area contributed by atoms with Crippen molar-refractivity contribution in [1.82, 2.24) is 10.2 Å². The molecule has 2 N–H and O–H groups in total. The molecular weight excluding hydrogens is 362 g/mol. The normalized spacial score (nSPS) is 16.2. The van der Waals surface area contributed by atoms with Crippen molar-refractivity contribution < 1.29 is 9.59 Å². The SMILES string of the molecule is CCc1ccc(NC(=O)[C@H](C)N2CCC(C(=O)NCc3ccccc3)CC2)cc1. The number of likely N-dealkylation sites (tertiary alicyclic amines) is 1. The van der Waals surface area contributed by atoms with Crippen LogP contribution in [-0.4, -0.2) is 35.8 Å². The summed E-state index contributed by atoms with van der Waals surface area (Å²) in [6.07, 6.45) is 2.55. The topological polar surface area (TPSA) is 61.4 Å². The fourth-order valence-electron chi connectivity index (χ4n) is 3.71. The molecule has 0 radical (unpaired) electrons. The molecule has 29 heavy (non-hydrogen) atoms. The fourth-order valence-corrected chi connectivity index (χ4v) is 3.71. The van der Waals surface area contributed by atoms with Crippen LogP contribution < -0.4 is 10.6 Å². The van der Waals surface area contributed by atoms with E-state index >= 15 is 0 Å². The lowest BCUT2D eigenvalue weighted by Crippen LogP contribution is -2.48. The van der Waals surface area contributed by atoms with Gasteiger partial charge in [-0.05, 0) is 62.5 Å². The second-order valence-electron chi connectivity index (χ2n) is 7.73. The van der Waals surface area contributed by atoms with E-state index in [2.05, 4.69) is 22.5 Å². The van der Waals surface area contributed by atoms with E-state index in [0.29, 0.717) is 6.54 Å². The number of anilines is 1. The van der Waals surface area contributed by atoms with E-state index < -0.39 is 0 Å². The molecule has 2 aromatic rings. The molecule has 0 spiro atoms. The molecular formula is C24H31N3O2. The second-order valence-corrected chi connectivity index (χ2v) is 7.73. The third-order valence-electron chi connectivity index (χ3n) is 5.77. The van der Waals surface area contributed by atoms with E-state index in [0.717, 1.165) is 43.6 Å². The lowest BCUT2D eigenvalue weighted by Gasteiger charge is -2.34. The Hall–Kier alpha value is -2.66. The summed E-state index contributed by atoms with van der Waals surface area (Å²) in [4.78, 5) is 27.2. The second kappa shape index (κ2) is 10.2. The zero-order valence-electron chi connectivity index (χ0n) is 17.4. The molecule has 0 bridgehead atoms. The maximum absolute atomic E-state index is 12.6. The number of benzene rings is 2. The summed E-state index contributed by atoms with van der Waals surface area (Å²) in [5, 5.41) is 6.04. The van der Waals surface area contributed by atoms with Gasteiger partial charge in [-0.3, -0.25) is 14.5 Å². The van der Waals surface area contributed by atoms with Crippen LogP contribution in [0.2, 0.25) is 0 Å². The number of amides is 2. The molecule has 1 aliphatic heterocycles. The van der Waals surface area contributed by atoms with Crippen LogP contribution in [0.5, 0.6) is 0 Å². The van der Waals surface area contributed by atoms with E-state index in [1.165, 1.54) is 5.56 Å². The highest BCUT2D eigenvalue weighted by Gasteiger charge is 2.29. The van der Waals surface area contributed by atoms with E-state index in [9.17, 15) is 9.59 Å². The Morgan fingerprint density at radius 3 is 2.28 bits per heavy atom. The van der Waals surface area contributed by atoms with E-state index in [-0.39, 0.29) is 23.8 Å². The molecule has 0 unspecified atom stereocenters. The standard InChI is InChI=1S/C24H31N3O2/c1-3-19-9-11-22(12-10-19)26-23(28)18(2)27-15-13-21(14-16-27)24(29)25-17-20-7-5-4-6-8-20/h4-12,18,21H,3,13-17H2,1-2H3,(H,25,29)(H,26,28)/t18-/m0/s1. The number of piperidine rings is 1. The molecule has 154 valence electrons. The monoisotopic (exact) mass is 393 g/mol. The molecule has 5 heteroatoms. The zero-order valence-corrected chi connectivity index (χ0v) is 17.4. The Kier molecular flexibility index (Phi) is 7.42. The number of nitrogens with zero attached hydrogens (tertiary/aromatic N) is 1. The van der Waals surface area contributed by atoms with Gasteiger partial charge >= 0.3 is 0 Å². The Bertz CT molecular complexity index is 797. The first-order chi connectivity index (χ1) is 14.1. The molecule has 0 aliphatic carbocycles. The lowest BCUT2D eigenvalue weighted by atomic mass is 9.94. The van der Waals surface area contributed by atoms with Gasteiger partial charge in [0.1, 0.15) is 0 Å². The van der Waals surface area contributed by atoms with E-state index in [4.69, 9.17) is 0 Å². The molecule has 2 aromatic carbocycles. The predicted octanol–water partition coefficient (Wildman–Crippen LogP) is 3.60. The van der Waals surface area contributed by atoms with Gasteiger partial charge in [-0.1, -0.05) is 49.4 Å². The van der Waals surface area contributed by atoms with Crippen LogP contribution in [0.25, 0.3) is 0 Å². The average molecular weight is 394 g/mol. The van der Waals surface area contributed by atoms with E-state index in [1.54, 1.807) is 0 Å². The Balaban J connectivity index is 1.43. The molecule has 2 amide bonds. The summed E-state index contributed by atoms with van der Waals surface area (Å²) in [5.41, 5.74) is 3.19. The highest BCUT2D eigenvalue weighted by molar-refractivity contribution is 5.94. The molecule has 0 saturated carbocycles. The van der Waals surface area contributed by atoms with Gasteiger partial charge in [0, 0.05) is 18.2 Å². The first-order valence-electron chi connectivity index (χ1n) is 10.5. The first kappa shape index (κ1) is 21.1. The van der Waals surface area contributed by atoms with Crippen molar-refractivity contribution in [3.8, 4) is 0 Å². The Morgan fingerprint density at radius 2 is 1.66 bits per heavy atom. The Morgan fingerprint density at radius 1 is 1.00 bits per heavy atom. The number of carbonyl (C=O) groups is 2. The molecule has 0 aromatic heterocycles. The largest absolute Gasteiger partial charge is 0.352 e. The van der Waals surface area contributed by atoms with Crippen LogP contribution in [0.15, 0.2) is 54.6 Å². The van der Waals surface area contributed by atoms with Crippen LogP contribution >= 0.6 is 0 Å². The van der Waals surface area contributed by atoms with Crippen molar-refractivity contribution in [2.75, 3.05) is 18.4 Å². The first-order valence-corrected chi connectivity index (χ1v) is 10.5. The van der Waals surface area contributed by atoms with Gasteiger partial charge in [-0.2, -0.15) is 0 Å². The van der Waals surface area contributed by atoms with Gasteiger partial charge in [0.15, 0.2) is 0 Å². The summed E-state index contributed by atoms with van der Waals surface area (Å²) in [5.74, 6) is 0.134. The van der Waals surface area contributed by atoms with Crippen molar-refractivity contribution in [3.63, 3.8) is 0 Å². The molecule has 5 nitrogen and oxygen atoms in total. The number of carbonyl (C=O) groups excluding carboxylic acids is 2. The maximum Gasteiger partial charge on any atom is 0.241 e. The van der Waals surface area contributed by atoms with Crippen LogP contribution in [0.3, 0.4) is 0 Å².